The fraction of sp³-hybridized carbons (Fsp3) is 0.462. The molecule has 0 aromatic heterocycles. The first-order valence-electron chi connectivity index (χ1n) is 6.54. The second-order valence-corrected chi connectivity index (χ2v) is 5.38. The number of nitrogens with two attached hydrogens (primary N) is 1. The number of rotatable bonds is 5. The van der Waals surface area contributed by atoms with Gasteiger partial charge in [0.2, 0.25) is 0 Å². The largest absolute Gasteiger partial charge is 0.491 e. The number of morpholine rings is 1. The van der Waals surface area contributed by atoms with Crippen molar-refractivity contribution in [3.63, 3.8) is 0 Å². The molecule has 5 nitrogen and oxygen atoms in total. The smallest absolute Gasteiger partial charge is 0.168 e. The van der Waals surface area contributed by atoms with Gasteiger partial charge in [0.1, 0.15) is 23.2 Å². The maximum absolute atomic E-state index is 13.7. The van der Waals surface area contributed by atoms with Gasteiger partial charge in [0.15, 0.2) is 5.11 Å². The van der Waals surface area contributed by atoms with Gasteiger partial charge in [-0.25, -0.2) is 4.39 Å². The van der Waals surface area contributed by atoms with Gasteiger partial charge in [0.05, 0.1) is 13.2 Å². The molecule has 1 aromatic carbocycles. The third-order valence-corrected chi connectivity index (χ3v) is 3.50. The van der Waals surface area contributed by atoms with Gasteiger partial charge in [0, 0.05) is 31.4 Å². The van der Waals surface area contributed by atoms with Crippen LogP contribution in [0.25, 0.3) is 0 Å². The van der Waals surface area contributed by atoms with Crippen molar-refractivity contribution in [3.8, 4) is 5.75 Å². The van der Waals surface area contributed by atoms with Gasteiger partial charge < -0.3 is 20.5 Å². The van der Waals surface area contributed by atoms with Crippen LogP contribution in [-0.4, -0.2) is 49.5 Å². The molecule has 0 atom stereocenters. The van der Waals surface area contributed by atoms with Gasteiger partial charge in [-0.05, 0) is 18.3 Å². The Morgan fingerprint density at radius 1 is 1.48 bits per heavy atom. The average molecular weight is 334 g/mol. The van der Waals surface area contributed by atoms with Crippen LogP contribution >= 0.6 is 23.8 Å². The molecular formula is C13H17ClFN3O2S. The van der Waals surface area contributed by atoms with Crippen LogP contribution in [0.15, 0.2) is 12.1 Å². The zero-order valence-corrected chi connectivity index (χ0v) is 13.0. The van der Waals surface area contributed by atoms with E-state index in [0.717, 1.165) is 32.8 Å². The highest BCUT2D eigenvalue weighted by atomic mass is 35.5. The van der Waals surface area contributed by atoms with E-state index in [4.69, 9.17) is 39.0 Å². The normalized spacial score (nSPS) is 15.7. The molecule has 1 aliphatic heterocycles. The number of halogens is 2. The van der Waals surface area contributed by atoms with Gasteiger partial charge in [-0.15, -0.1) is 0 Å². The van der Waals surface area contributed by atoms with Crippen LogP contribution in [0.5, 0.6) is 5.75 Å². The van der Waals surface area contributed by atoms with Crippen molar-refractivity contribution in [3.05, 3.63) is 23.0 Å². The average Bonchev–Trinajstić information content (AvgIpc) is 2.44. The standard InChI is InChI=1S/C13H17ClFN3O2S/c14-12-10(15)7-9(17-13(16)21)8-11(12)20-6-3-18-1-4-19-5-2-18/h7-8H,1-6H2,(H3,16,17,21). The molecule has 0 radical (unpaired) electrons. The molecular weight excluding hydrogens is 317 g/mol. The molecule has 2 rings (SSSR count). The van der Waals surface area contributed by atoms with Crippen molar-refractivity contribution in [2.75, 3.05) is 44.8 Å². The van der Waals surface area contributed by atoms with Gasteiger partial charge in [-0.1, -0.05) is 11.6 Å². The van der Waals surface area contributed by atoms with Crippen molar-refractivity contribution in [1.82, 2.24) is 4.90 Å². The Hall–Kier alpha value is -1.15. The van der Waals surface area contributed by atoms with E-state index >= 15 is 0 Å². The Bertz CT molecular complexity index is 512. The number of ether oxygens (including phenoxy) is 2. The number of nitrogens with zero attached hydrogens (tertiary/aromatic N) is 1. The summed E-state index contributed by atoms with van der Waals surface area (Å²) in [6, 6.07) is 2.79. The summed E-state index contributed by atoms with van der Waals surface area (Å²) < 4.78 is 24.5. The number of benzene rings is 1. The first-order valence-corrected chi connectivity index (χ1v) is 7.33. The molecule has 0 amide bonds. The Morgan fingerprint density at radius 3 is 2.86 bits per heavy atom. The first-order chi connectivity index (χ1) is 10.1. The number of anilines is 1. The van der Waals surface area contributed by atoms with E-state index < -0.39 is 5.82 Å². The molecule has 0 unspecified atom stereocenters. The third-order valence-electron chi connectivity index (χ3n) is 3.03. The monoisotopic (exact) mass is 333 g/mol. The number of hydrogen-bond acceptors (Lipinski definition) is 4. The summed E-state index contributed by atoms with van der Waals surface area (Å²) in [4.78, 5) is 2.21. The molecule has 8 heteroatoms. The molecule has 0 saturated carbocycles. The topological polar surface area (TPSA) is 59.8 Å². The van der Waals surface area contributed by atoms with Crippen LogP contribution in [-0.2, 0) is 4.74 Å². The van der Waals surface area contributed by atoms with Crippen LogP contribution in [0.4, 0.5) is 10.1 Å². The molecule has 116 valence electrons. The van der Waals surface area contributed by atoms with Crippen LogP contribution < -0.4 is 15.8 Å². The highest BCUT2D eigenvalue weighted by Crippen LogP contribution is 2.31. The van der Waals surface area contributed by atoms with E-state index in [0.29, 0.717) is 12.3 Å². The maximum Gasteiger partial charge on any atom is 0.168 e. The maximum atomic E-state index is 13.7. The lowest BCUT2D eigenvalue weighted by Crippen LogP contribution is -2.38. The second-order valence-electron chi connectivity index (χ2n) is 4.56. The summed E-state index contributed by atoms with van der Waals surface area (Å²) in [7, 11) is 0. The summed E-state index contributed by atoms with van der Waals surface area (Å²) in [6.07, 6.45) is 0. The van der Waals surface area contributed by atoms with E-state index in [1.165, 1.54) is 6.07 Å². The van der Waals surface area contributed by atoms with E-state index in [1.807, 2.05) is 0 Å². The molecule has 1 heterocycles. The van der Waals surface area contributed by atoms with Crippen molar-refractivity contribution >= 4 is 34.6 Å². The Labute approximate surface area is 133 Å². The summed E-state index contributed by atoms with van der Waals surface area (Å²) in [5.74, 6) is -0.317. The fourth-order valence-corrected chi connectivity index (χ4v) is 2.27. The molecule has 1 aliphatic rings. The summed E-state index contributed by atoms with van der Waals surface area (Å²) in [5.41, 5.74) is 5.77. The van der Waals surface area contributed by atoms with E-state index in [-0.39, 0.29) is 15.9 Å². The predicted octanol–water partition coefficient (Wildman–Crippen LogP) is 1.85. The fourth-order valence-electron chi connectivity index (χ4n) is 1.99. The van der Waals surface area contributed by atoms with Crippen molar-refractivity contribution in [2.45, 2.75) is 0 Å². The predicted molar refractivity (Wildman–Crippen MR) is 84.6 cm³/mol. The van der Waals surface area contributed by atoms with Gasteiger partial charge in [-0.3, -0.25) is 4.90 Å². The minimum atomic E-state index is -0.584. The molecule has 0 bridgehead atoms. The van der Waals surface area contributed by atoms with Gasteiger partial charge in [-0.2, -0.15) is 0 Å². The van der Waals surface area contributed by atoms with Crippen LogP contribution in [0.2, 0.25) is 5.02 Å². The van der Waals surface area contributed by atoms with Crippen LogP contribution in [0, 0.1) is 5.82 Å². The number of hydrogen-bond donors (Lipinski definition) is 2. The van der Waals surface area contributed by atoms with Gasteiger partial charge >= 0.3 is 0 Å². The van der Waals surface area contributed by atoms with Crippen molar-refractivity contribution < 1.29 is 13.9 Å². The molecule has 0 spiro atoms. The molecule has 21 heavy (non-hydrogen) atoms. The summed E-state index contributed by atoms with van der Waals surface area (Å²) >= 11 is 10.6. The zero-order valence-electron chi connectivity index (χ0n) is 11.4. The lowest BCUT2D eigenvalue weighted by Gasteiger charge is -2.26. The molecule has 3 N–H and O–H groups in total. The Balaban J connectivity index is 1.94. The van der Waals surface area contributed by atoms with E-state index in [2.05, 4.69) is 10.2 Å². The third kappa shape index (κ3) is 4.96. The molecule has 1 aromatic rings. The summed E-state index contributed by atoms with van der Waals surface area (Å²) in [6.45, 7) is 4.33. The summed E-state index contributed by atoms with van der Waals surface area (Å²) in [5, 5.41) is 2.66. The van der Waals surface area contributed by atoms with Crippen molar-refractivity contribution in [1.29, 1.82) is 0 Å². The highest BCUT2D eigenvalue weighted by molar-refractivity contribution is 7.80. The molecule has 0 aliphatic carbocycles. The van der Waals surface area contributed by atoms with Gasteiger partial charge in [0.25, 0.3) is 0 Å². The van der Waals surface area contributed by atoms with E-state index in [9.17, 15) is 4.39 Å². The second kappa shape index (κ2) is 7.74. The van der Waals surface area contributed by atoms with E-state index in [1.54, 1.807) is 6.07 Å². The van der Waals surface area contributed by atoms with Crippen LogP contribution in [0.3, 0.4) is 0 Å². The zero-order chi connectivity index (χ0) is 15.2. The SMILES string of the molecule is NC(=S)Nc1cc(F)c(Cl)c(OCCN2CCOCC2)c1. The molecule has 1 saturated heterocycles. The van der Waals surface area contributed by atoms with Crippen LogP contribution in [0.1, 0.15) is 0 Å². The number of thiocarbonyl (C=S) groups is 1. The molecule has 1 fully saturated rings. The lowest BCUT2D eigenvalue weighted by atomic mass is 10.3. The first kappa shape index (κ1) is 16.2. The lowest BCUT2D eigenvalue weighted by molar-refractivity contribution is 0.0322. The van der Waals surface area contributed by atoms with Crippen molar-refractivity contribution in [2.24, 2.45) is 5.73 Å². The Kier molecular flexibility index (Phi) is 5.98. The number of nitrogens with one attached hydrogen (secondary N) is 1. The minimum absolute atomic E-state index is 0.0505. The quantitative estimate of drug-likeness (QED) is 0.802. The Morgan fingerprint density at radius 2 is 2.19 bits per heavy atom. The highest BCUT2D eigenvalue weighted by Gasteiger charge is 2.13. The minimum Gasteiger partial charge on any atom is -0.491 e.